The highest BCUT2D eigenvalue weighted by molar-refractivity contribution is 6.89. The molecule has 0 aromatic rings. The van der Waals surface area contributed by atoms with E-state index in [1.54, 1.807) is 0 Å². The van der Waals surface area contributed by atoms with Crippen molar-refractivity contribution in [3.05, 3.63) is 0 Å². The molecule has 0 aliphatic heterocycles. The molecule has 6 heteroatoms. The molecular weight excluding hydrogens is 224 g/mol. The summed E-state index contributed by atoms with van der Waals surface area (Å²) in [4.78, 5) is 0. The van der Waals surface area contributed by atoms with Gasteiger partial charge in [0.15, 0.2) is 0 Å². The van der Waals surface area contributed by atoms with E-state index in [9.17, 15) is 0 Å². The highest BCUT2D eigenvalue weighted by atomic mass is 35.6. The third-order valence-electron chi connectivity index (χ3n) is 1.45. The van der Waals surface area contributed by atoms with Gasteiger partial charge in [0.1, 0.15) is 6.61 Å². The van der Waals surface area contributed by atoms with E-state index in [4.69, 9.17) is 29.7 Å². The molecule has 0 fully saturated rings. The second-order valence-electron chi connectivity index (χ2n) is 2.44. The lowest BCUT2D eigenvalue weighted by Crippen LogP contribution is -2.44. The summed E-state index contributed by atoms with van der Waals surface area (Å²) < 4.78 is 21.4. The maximum Gasteiger partial charge on any atom is 0.306 e. The van der Waals surface area contributed by atoms with Crippen LogP contribution in [0.3, 0.4) is 0 Å². The fourth-order valence-corrected chi connectivity index (χ4v) is 1.63. The molecule has 0 N–H and O–H groups in total. The summed E-state index contributed by atoms with van der Waals surface area (Å²) in [7, 11) is -0.985. The van der Waals surface area contributed by atoms with Gasteiger partial charge in [-0.2, -0.15) is 0 Å². The number of hydrogen-bond donors (Lipinski definition) is 0. The molecule has 86 valence electrons. The minimum atomic E-state index is -1.07. The van der Waals surface area contributed by atoms with Crippen LogP contribution in [0.1, 0.15) is 20.8 Å². The summed E-state index contributed by atoms with van der Waals surface area (Å²) in [5.41, 5.74) is 0. The largest absolute Gasteiger partial charge is 0.400 e. The van der Waals surface area contributed by atoms with Crippen molar-refractivity contribution in [2.45, 2.75) is 26.7 Å². The Morgan fingerprint density at radius 3 is 1.71 bits per heavy atom. The predicted molar refractivity (Wildman–Crippen MR) is 58.0 cm³/mol. The predicted octanol–water partition coefficient (Wildman–Crippen LogP) is 1.00. The van der Waals surface area contributed by atoms with Gasteiger partial charge in [-0.05, 0) is 20.8 Å². The zero-order chi connectivity index (χ0) is 10.9. The van der Waals surface area contributed by atoms with Crippen LogP contribution in [-0.4, -0.2) is 41.5 Å². The van der Waals surface area contributed by atoms with Gasteiger partial charge in [0.25, 0.3) is 9.07 Å². The summed E-state index contributed by atoms with van der Waals surface area (Å²) in [6.45, 7) is 7.40. The van der Waals surface area contributed by atoms with E-state index in [2.05, 4.69) is 0 Å². The Hall–Kier alpha value is 0.347. The third-order valence-corrected chi connectivity index (χ3v) is 2.27. The number of rotatable bonds is 9. The molecule has 0 spiro atoms. The Balaban J connectivity index is 4.21. The molecular formula is C8H19ClO4Si. The Morgan fingerprint density at radius 2 is 1.43 bits per heavy atom. The van der Waals surface area contributed by atoms with Gasteiger partial charge in [-0.3, -0.25) is 0 Å². The quantitative estimate of drug-likeness (QED) is 0.344. The van der Waals surface area contributed by atoms with Crippen LogP contribution in [0.25, 0.3) is 0 Å². The molecule has 0 radical (unpaired) electrons. The average molecular weight is 243 g/mol. The van der Waals surface area contributed by atoms with Crippen molar-refractivity contribution in [2.24, 2.45) is 0 Å². The fourth-order valence-electron chi connectivity index (χ4n) is 1.07. The normalized spacial score (nSPS) is 12.9. The van der Waals surface area contributed by atoms with Crippen LogP contribution >= 0.6 is 11.1 Å². The Labute approximate surface area is 92.5 Å². The molecule has 0 unspecified atom stereocenters. The molecule has 0 atom stereocenters. The van der Waals surface area contributed by atoms with Crippen LogP contribution in [0.4, 0.5) is 0 Å². The summed E-state index contributed by atoms with van der Waals surface area (Å²) in [5.74, 6) is -1.07. The van der Waals surface area contributed by atoms with Crippen molar-refractivity contribution in [1.29, 1.82) is 0 Å². The van der Waals surface area contributed by atoms with Crippen molar-refractivity contribution < 1.29 is 18.6 Å². The molecule has 0 bridgehead atoms. The number of hydrogen-bond acceptors (Lipinski definition) is 4. The summed E-state index contributed by atoms with van der Waals surface area (Å²) in [6, 6.07) is 0. The molecule has 4 nitrogen and oxygen atoms in total. The van der Waals surface area contributed by atoms with Gasteiger partial charge in [-0.15, -0.1) is 11.1 Å². The van der Waals surface area contributed by atoms with Gasteiger partial charge in [0.2, 0.25) is 0 Å². The van der Waals surface area contributed by atoms with Crippen molar-refractivity contribution in [2.75, 3.05) is 26.4 Å². The van der Waals surface area contributed by atoms with E-state index in [0.717, 1.165) is 0 Å². The summed E-state index contributed by atoms with van der Waals surface area (Å²) >= 11 is 5.56. The molecule has 0 heterocycles. The lowest BCUT2D eigenvalue weighted by Gasteiger charge is -2.31. The van der Waals surface area contributed by atoms with Crippen molar-refractivity contribution in [3.63, 3.8) is 0 Å². The Morgan fingerprint density at radius 1 is 1.00 bits per heavy atom. The van der Waals surface area contributed by atoms with Gasteiger partial charge in [-0.1, -0.05) is 0 Å². The number of ether oxygens (including phenoxy) is 3. The minimum absolute atomic E-state index is 0.234. The van der Waals surface area contributed by atoms with Gasteiger partial charge >= 0.3 is 5.97 Å². The fraction of sp³-hybridized carbons (Fsp3) is 1.00. The van der Waals surface area contributed by atoms with Crippen molar-refractivity contribution >= 4 is 20.2 Å². The monoisotopic (exact) mass is 242 g/mol. The molecule has 0 aromatic carbocycles. The first-order valence-electron chi connectivity index (χ1n) is 4.80. The molecule has 0 aromatic heterocycles. The lowest BCUT2D eigenvalue weighted by atomic mass is 10.5. The van der Waals surface area contributed by atoms with Crippen LogP contribution in [0.2, 0.25) is 0 Å². The third kappa shape index (κ3) is 5.28. The van der Waals surface area contributed by atoms with Gasteiger partial charge in [-0.25, -0.2) is 0 Å². The Kier molecular flexibility index (Phi) is 8.85. The van der Waals surface area contributed by atoms with Crippen LogP contribution in [0.5, 0.6) is 0 Å². The van der Waals surface area contributed by atoms with E-state index in [0.29, 0.717) is 19.8 Å². The zero-order valence-corrected chi connectivity index (χ0v) is 11.2. The first-order valence-corrected chi connectivity index (χ1v) is 7.51. The highest BCUT2D eigenvalue weighted by Gasteiger charge is 2.32. The lowest BCUT2D eigenvalue weighted by molar-refractivity contribution is -0.385. The van der Waals surface area contributed by atoms with Gasteiger partial charge < -0.3 is 18.6 Å². The highest BCUT2D eigenvalue weighted by Crippen LogP contribution is 2.16. The second kappa shape index (κ2) is 8.64. The van der Waals surface area contributed by atoms with Crippen LogP contribution in [-0.2, 0) is 18.6 Å². The van der Waals surface area contributed by atoms with E-state index < -0.39 is 15.0 Å². The average Bonchev–Trinajstić information content (AvgIpc) is 2.16. The Bertz CT molecular complexity index is 119. The van der Waals surface area contributed by atoms with E-state index in [-0.39, 0.29) is 6.61 Å². The number of halogens is 1. The molecule has 0 aliphatic carbocycles. The molecule has 0 aliphatic rings. The SMILES string of the molecule is CCOC(CO[SiH2]Cl)(OCC)OCC. The zero-order valence-electron chi connectivity index (χ0n) is 9.05. The summed E-state index contributed by atoms with van der Waals surface area (Å²) in [6.07, 6.45) is 0. The van der Waals surface area contributed by atoms with Crippen molar-refractivity contribution in [3.8, 4) is 0 Å². The smallest absolute Gasteiger partial charge is 0.306 e. The topological polar surface area (TPSA) is 36.9 Å². The first kappa shape index (κ1) is 14.3. The van der Waals surface area contributed by atoms with Crippen molar-refractivity contribution in [1.82, 2.24) is 0 Å². The molecule has 0 saturated carbocycles. The van der Waals surface area contributed by atoms with E-state index >= 15 is 0 Å². The maximum absolute atomic E-state index is 5.56. The molecule has 0 rings (SSSR count). The van der Waals surface area contributed by atoms with Crippen LogP contribution < -0.4 is 0 Å². The molecule has 14 heavy (non-hydrogen) atoms. The first-order chi connectivity index (χ1) is 6.74. The van der Waals surface area contributed by atoms with Gasteiger partial charge in [0.05, 0.1) is 0 Å². The molecule has 0 saturated heterocycles. The van der Waals surface area contributed by atoms with Crippen LogP contribution in [0, 0.1) is 0 Å². The summed E-state index contributed by atoms with van der Waals surface area (Å²) in [5, 5.41) is 0. The van der Waals surface area contributed by atoms with Crippen LogP contribution in [0.15, 0.2) is 0 Å². The maximum atomic E-state index is 5.56. The standard InChI is InChI=1S/C8H19ClO4Si/c1-4-10-8(11-5-2,12-6-3)7-13-14-9/h4-7,14H2,1-3H3. The van der Waals surface area contributed by atoms with E-state index in [1.165, 1.54) is 0 Å². The van der Waals surface area contributed by atoms with E-state index in [1.807, 2.05) is 20.8 Å². The molecule has 0 amide bonds. The van der Waals surface area contributed by atoms with Gasteiger partial charge in [0, 0.05) is 19.8 Å². The second-order valence-corrected chi connectivity index (χ2v) is 3.72. The minimum Gasteiger partial charge on any atom is -0.400 e.